The van der Waals surface area contributed by atoms with E-state index in [4.69, 9.17) is 11.6 Å². The Bertz CT molecular complexity index is 578. The molecule has 0 unspecified atom stereocenters. The molecule has 2 aromatic rings. The fourth-order valence-corrected chi connectivity index (χ4v) is 2.40. The van der Waals surface area contributed by atoms with Crippen molar-refractivity contribution in [3.8, 4) is 6.07 Å². The van der Waals surface area contributed by atoms with Gasteiger partial charge in [0, 0.05) is 24.4 Å². The molecule has 0 aliphatic carbocycles. The van der Waals surface area contributed by atoms with E-state index >= 15 is 0 Å². The average Bonchev–Trinajstić information content (AvgIpc) is 2.49. The maximum atomic E-state index is 9.51. The molecule has 20 heavy (non-hydrogen) atoms. The van der Waals surface area contributed by atoms with Crippen molar-refractivity contribution in [2.24, 2.45) is 0 Å². The highest BCUT2D eigenvalue weighted by Gasteiger charge is 2.25. The minimum atomic E-state index is -0.336. The number of aliphatic hydroxyl groups excluding tert-OH is 1. The lowest BCUT2D eigenvalue weighted by molar-refractivity contribution is 0.271. The van der Waals surface area contributed by atoms with Crippen LogP contribution in [-0.2, 0) is 0 Å². The van der Waals surface area contributed by atoms with E-state index in [1.165, 1.54) is 0 Å². The van der Waals surface area contributed by atoms with Crippen LogP contribution in [0.1, 0.15) is 29.5 Å². The third-order valence-corrected chi connectivity index (χ3v) is 3.49. The molecule has 0 saturated carbocycles. The Labute approximate surface area is 123 Å². The van der Waals surface area contributed by atoms with Gasteiger partial charge in [-0.25, -0.2) is 0 Å². The molecule has 0 amide bonds. The monoisotopic (exact) mass is 286 g/mol. The molecule has 3 nitrogen and oxygen atoms in total. The fourth-order valence-electron chi connectivity index (χ4n) is 2.29. The number of hydrogen-bond donors (Lipinski definition) is 1. The summed E-state index contributed by atoms with van der Waals surface area (Å²) >= 11 is 5.85. The Morgan fingerprint density at radius 1 is 1.20 bits per heavy atom. The number of benzene rings is 1. The SMILES string of the molecule is N#C[C@@H](c1ccccc1)[C@@H](CCO)c1ccc(Cl)cn1. The second-order valence-corrected chi connectivity index (χ2v) is 4.97. The number of nitriles is 1. The average molecular weight is 287 g/mol. The third kappa shape index (κ3) is 3.36. The fraction of sp³-hybridized carbons (Fsp3) is 0.250. The molecule has 0 aliphatic rings. The molecule has 0 radical (unpaired) electrons. The van der Waals surface area contributed by atoms with Gasteiger partial charge in [0.05, 0.1) is 17.0 Å². The maximum Gasteiger partial charge on any atom is 0.0797 e. The predicted molar refractivity (Wildman–Crippen MR) is 78.5 cm³/mol. The normalized spacial score (nSPS) is 13.4. The van der Waals surface area contributed by atoms with Gasteiger partial charge in [-0.2, -0.15) is 5.26 Å². The largest absolute Gasteiger partial charge is 0.396 e. The zero-order valence-corrected chi connectivity index (χ0v) is 11.7. The van der Waals surface area contributed by atoms with Gasteiger partial charge in [0.2, 0.25) is 0 Å². The summed E-state index contributed by atoms with van der Waals surface area (Å²) in [5, 5.41) is 19.3. The van der Waals surface area contributed by atoms with Crippen LogP contribution in [0.5, 0.6) is 0 Å². The number of halogens is 1. The molecule has 2 rings (SSSR count). The summed E-state index contributed by atoms with van der Waals surface area (Å²) in [6.07, 6.45) is 2.06. The van der Waals surface area contributed by atoms with E-state index in [2.05, 4.69) is 11.1 Å². The highest BCUT2D eigenvalue weighted by atomic mass is 35.5. The lowest BCUT2D eigenvalue weighted by Crippen LogP contribution is -2.13. The van der Waals surface area contributed by atoms with Gasteiger partial charge < -0.3 is 5.11 Å². The quantitative estimate of drug-likeness (QED) is 0.915. The third-order valence-electron chi connectivity index (χ3n) is 3.27. The van der Waals surface area contributed by atoms with Crippen LogP contribution in [-0.4, -0.2) is 16.7 Å². The molecule has 4 heteroatoms. The first kappa shape index (κ1) is 14.5. The van der Waals surface area contributed by atoms with Crippen LogP contribution >= 0.6 is 11.6 Å². The van der Waals surface area contributed by atoms with E-state index in [-0.39, 0.29) is 18.4 Å². The van der Waals surface area contributed by atoms with Crippen molar-refractivity contribution in [1.29, 1.82) is 5.26 Å². The molecule has 0 saturated heterocycles. The predicted octanol–water partition coefficient (Wildman–Crippen LogP) is 3.51. The lowest BCUT2D eigenvalue weighted by atomic mass is 9.82. The Morgan fingerprint density at radius 3 is 2.50 bits per heavy atom. The van der Waals surface area contributed by atoms with Gasteiger partial charge in [-0.3, -0.25) is 4.98 Å². The standard InChI is InChI=1S/C16H15ClN2O/c17-13-6-7-16(19-11-13)14(8-9-20)15(10-18)12-4-2-1-3-5-12/h1-7,11,14-15,20H,8-9H2/t14-,15+/m1/s1. The van der Waals surface area contributed by atoms with E-state index in [1.807, 2.05) is 36.4 Å². The van der Waals surface area contributed by atoms with Crippen molar-refractivity contribution in [2.75, 3.05) is 6.61 Å². The van der Waals surface area contributed by atoms with E-state index in [0.717, 1.165) is 11.3 Å². The van der Waals surface area contributed by atoms with Crippen LogP contribution in [0.4, 0.5) is 0 Å². The van der Waals surface area contributed by atoms with Gasteiger partial charge in [0.1, 0.15) is 0 Å². The van der Waals surface area contributed by atoms with Crippen LogP contribution in [0.2, 0.25) is 5.02 Å². The van der Waals surface area contributed by atoms with Crippen molar-refractivity contribution in [3.63, 3.8) is 0 Å². The molecular weight excluding hydrogens is 272 g/mol. The van der Waals surface area contributed by atoms with Crippen LogP contribution < -0.4 is 0 Å². The van der Waals surface area contributed by atoms with Crippen molar-refractivity contribution < 1.29 is 5.11 Å². The number of nitrogens with zero attached hydrogens (tertiary/aromatic N) is 2. The molecule has 2 atom stereocenters. The van der Waals surface area contributed by atoms with Crippen LogP contribution in [0, 0.1) is 11.3 Å². The molecule has 102 valence electrons. The second-order valence-electron chi connectivity index (χ2n) is 4.54. The summed E-state index contributed by atoms with van der Waals surface area (Å²) in [5.74, 6) is -0.485. The van der Waals surface area contributed by atoms with E-state index in [9.17, 15) is 10.4 Å². The highest BCUT2D eigenvalue weighted by molar-refractivity contribution is 6.30. The van der Waals surface area contributed by atoms with Crippen LogP contribution in [0.25, 0.3) is 0 Å². The number of aromatic nitrogens is 1. The molecule has 0 fully saturated rings. The van der Waals surface area contributed by atoms with Gasteiger partial charge in [-0.15, -0.1) is 0 Å². The molecular formula is C16H15ClN2O. The number of aliphatic hydroxyl groups is 1. The van der Waals surface area contributed by atoms with E-state index in [0.29, 0.717) is 11.4 Å². The van der Waals surface area contributed by atoms with Gasteiger partial charge in [-0.1, -0.05) is 41.9 Å². The van der Waals surface area contributed by atoms with Crippen molar-refractivity contribution in [1.82, 2.24) is 4.98 Å². The highest BCUT2D eigenvalue weighted by Crippen LogP contribution is 2.34. The summed E-state index contributed by atoms with van der Waals surface area (Å²) < 4.78 is 0. The van der Waals surface area contributed by atoms with Gasteiger partial charge in [-0.05, 0) is 24.1 Å². The summed E-state index contributed by atoms with van der Waals surface area (Å²) in [5.41, 5.74) is 1.71. The number of hydrogen-bond acceptors (Lipinski definition) is 3. The smallest absolute Gasteiger partial charge is 0.0797 e. The van der Waals surface area contributed by atoms with Gasteiger partial charge in [0.15, 0.2) is 0 Å². The first-order chi connectivity index (χ1) is 9.76. The molecule has 1 N–H and O–H groups in total. The Balaban J connectivity index is 2.36. The molecule has 1 aromatic heterocycles. The van der Waals surface area contributed by atoms with Crippen LogP contribution in [0.3, 0.4) is 0 Å². The molecule has 0 spiro atoms. The number of rotatable bonds is 5. The Hall–Kier alpha value is -1.89. The maximum absolute atomic E-state index is 9.51. The summed E-state index contributed by atoms with van der Waals surface area (Å²) in [7, 11) is 0. The summed E-state index contributed by atoms with van der Waals surface area (Å²) in [6.45, 7) is 0.0139. The molecule has 0 bridgehead atoms. The number of pyridine rings is 1. The first-order valence-corrected chi connectivity index (χ1v) is 6.81. The second kappa shape index (κ2) is 7.04. The Morgan fingerprint density at radius 2 is 1.95 bits per heavy atom. The van der Waals surface area contributed by atoms with Crippen LogP contribution in [0.15, 0.2) is 48.7 Å². The minimum absolute atomic E-state index is 0.0139. The molecule has 0 aliphatic heterocycles. The van der Waals surface area contributed by atoms with Gasteiger partial charge in [0.25, 0.3) is 0 Å². The summed E-state index contributed by atoms with van der Waals surface area (Å²) in [4.78, 5) is 4.30. The van der Waals surface area contributed by atoms with Crippen molar-refractivity contribution in [2.45, 2.75) is 18.3 Å². The van der Waals surface area contributed by atoms with Crippen molar-refractivity contribution in [3.05, 3.63) is 64.9 Å². The zero-order chi connectivity index (χ0) is 14.4. The molecule has 1 aromatic carbocycles. The summed E-state index contributed by atoms with van der Waals surface area (Å²) in [6, 6.07) is 15.5. The first-order valence-electron chi connectivity index (χ1n) is 6.43. The van der Waals surface area contributed by atoms with E-state index < -0.39 is 0 Å². The van der Waals surface area contributed by atoms with E-state index in [1.54, 1.807) is 12.3 Å². The zero-order valence-electron chi connectivity index (χ0n) is 10.9. The topological polar surface area (TPSA) is 56.9 Å². The lowest BCUT2D eigenvalue weighted by Gasteiger charge is -2.21. The Kier molecular flexibility index (Phi) is 5.11. The van der Waals surface area contributed by atoms with Gasteiger partial charge >= 0.3 is 0 Å². The molecule has 1 heterocycles. The van der Waals surface area contributed by atoms with Crippen molar-refractivity contribution >= 4 is 11.6 Å². The minimum Gasteiger partial charge on any atom is -0.396 e.